The molecule has 1 N–H and O–H groups in total. The standard InChI is InChI=1S/C19H23FN2O4/c1-26-19(25)21-15-11-13(8-9-14(15)20)16(10-7-12-5-6-12)22-17(23)3-2-4-18(22)24/h8-9,11-12,16H,2-7,10H2,1H3,(H,21,25). The zero-order chi connectivity index (χ0) is 18.7. The number of hydrogen-bond donors (Lipinski definition) is 1. The second-order valence-corrected chi connectivity index (χ2v) is 6.90. The molecule has 1 aromatic carbocycles. The van der Waals surface area contributed by atoms with Gasteiger partial charge in [0.25, 0.3) is 0 Å². The Kier molecular flexibility index (Phi) is 5.54. The van der Waals surface area contributed by atoms with Gasteiger partial charge in [-0.2, -0.15) is 0 Å². The largest absolute Gasteiger partial charge is 0.453 e. The maximum atomic E-state index is 14.0. The number of likely N-dealkylation sites (tertiary alicyclic amines) is 1. The van der Waals surface area contributed by atoms with Crippen LogP contribution < -0.4 is 5.32 Å². The first kappa shape index (κ1) is 18.4. The first-order valence-corrected chi connectivity index (χ1v) is 8.99. The minimum Gasteiger partial charge on any atom is -0.453 e. The highest BCUT2D eigenvalue weighted by atomic mass is 19.1. The Balaban J connectivity index is 1.89. The number of amides is 3. The molecular weight excluding hydrogens is 339 g/mol. The predicted octanol–water partition coefficient (Wildman–Crippen LogP) is 3.77. The minimum absolute atomic E-state index is 0.0253. The topological polar surface area (TPSA) is 75.7 Å². The van der Waals surface area contributed by atoms with E-state index in [1.54, 1.807) is 6.07 Å². The summed E-state index contributed by atoms with van der Waals surface area (Å²) in [4.78, 5) is 37.6. The average molecular weight is 362 g/mol. The van der Waals surface area contributed by atoms with E-state index in [1.807, 2.05) is 0 Å². The SMILES string of the molecule is COC(=O)Nc1cc(C(CCC2CC2)N2C(=O)CCCC2=O)ccc1F. The summed E-state index contributed by atoms with van der Waals surface area (Å²) in [5.74, 6) is -0.334. The number of benzene rings is 1. The molecular formula is C19H23FN2O4. The molecule has 0 spiro atoms. The molecule has 1 heterocycles. The molecule has 1 aromatic rings. The van der Waals surface area contributed by atoms with Gasteiger partial charge in [-0.1, -0.05) is 18.9 Å². The third kappa shape index (κ3) is 4.20. The third-order valence-electron chi connectivity index (χ3n) is 4.97. The average Bonchev–Trinajstić information content (AvgIpc) is 3.44. The van der Waals surface area contributed by atoms with Crippen LogP contribution in [0.5, 0.6) is 0 Å². The number of piperidine rings is 1. The van der Waals surface area contributed by atoms with E-state index in [0.717, 1.165) is 6.42 Å². The van der Waals surface area contributed by atoms with Gasteiger partial charge in [0.05, 0.1) is 18.8 Å². The molecule has 1 saturated carbocycles. The van der Waals surface area contributed by atoms with Crippen LogP contribution >= 0.6 is 0 Å². The summed E-state index contributed by atoms with van der Waals surface area (Å²) in [5.41, 5.74) is 0.615. The van der Waals surface area contributed by atoms with Gasteiger partial charge >= 0.3 is 6.09 Å². The van der Waals surface area contributed by atoms with Gasteiger partial charge in [-0.15, -0.1) is 0 Å². The molecule has 7 heteroatoms. The molecule has 140 valence electrons. The van der Waals surface area contributed by atoms with Crippen LogP contribution in [0.15, 0.2) is 18.2 Å². The Bertz CT molecular complexity index is 701. The number of imide groups is 1. The Hall–Kier alpha value is -2.44. The normalized spacial score (nSPS) is 18.6. The molecule has 3 amide bonds. The van der Waals surface area contributed by atoms with Gasteiger partial charge in [-0.25, -0.2) is 9.18 Å². The van der Waals surface area contributed by atoms with Crippen LogP contribution in [-0.2, 0) is 14.3 Å². The van der Waals surface area contributed by atoms with Crippen molar-refractivity contribution in [1.29, 1.82) is 0 Å². The Morgan fingerprint density at radius 1 is 1.31 bits per heavy atom. The van der Waals surface area contributed by atoms with Gasteiger partial charge in [0.2, 0.25) is 11.8 Å². The molecule has 0 bridgehead atoms. The first-order chi connectivity index (χ1) is 12.5. The molecule has 2 aliphatic rings. The molecule has 1 atom stereocenters. The van der Waals surface area contributed by atoms with E-state index in [1.165, 1.54) is 37.0 Å². The first-order valence-electron chi connectivity index (χ1n) is 8.99. The molecule has 1 saturated heterocycles. The van der Waals surface area contributed by atoms with Crippen LogP contribution in [0.3, 0.4) is 0 Å². The number of nitrogens with zero attached hydrogens (tertiary/aromatic N) is 1. The van der Waals surface area contributed by atoms with Crippen molar-refractivity contribution in [2.75, 3.05) is 12.4 Å². The second-order valence-electron chi connectivity index (χ2n) is 6.90. The summed E-state index contributed by atoms with van der Waals surface area (Å²) in [7, 11) is 1.20. The lowest BCUT2D eigenvalue weighted by atomic mass is 9.95. The number of ether oxygens (including phenoxy) is 1. The summed E-state index contributed by atoms with van der Waals surface area (Å²) in [5, 5.41) is 2.33. The van der Waals surface area contributed by atoms with Crippen molar-refractivity contribution in [1.82, 2.24) is 4.90 Å². The van der Waals surface area contributed by atoms with Crippen molar-refractivity contribution in [2.24, 2.45) is 5.92 Å². The molecule has 1 unspecified atom stereocenters. The van der Waals surface area contributed by atoms with Crippen molar-refractivity contribution in [3.63, 3.8) is 0 Å². The van der Waals surface area contributed by atoms with Crippen LogP contribution in [-0.4, -0.2) is 29.9 Å². The lowest BCUT2D eigenvalue weighted by Gasteiger charge is -2.33. The highest BCUT2D eigenvalue weighted by molar-refractivity contribution is 5.98. The smallest absolute Gasteiger partial charge is 0.411 e. The quantitative estimate of drug-likeness (QED) is 0.782. The van der Waals surface area contributed by atoms with Crippen molar-refractivity contribution in [3.05, 3.63) is 29.6 Å². The van der Waals surface area contributed by atoms with E-state index < -0.39 is 18.0 Å². The van der Waals surface area contributed by atoms with Crippen molar-refractivity contribution < 1.29 is 23.5 Å². The fourth-order valence-electron chi connectivity index (χ4n) is 3.37. The lowest BCUT2D eigenvalue weighted by molar-refractivity contribution is -0.151. The van der Waals surface area contributed by atoms with Crippen LogP contribution in [0.2, 0.25) is 0 Å². The fourth-order valence-corrected chi connectivity index (χ4v) is 3.37. The van der Waals surface area contributed by atoms with Crippen molar-refractivity contribution in [2.45, 2.75) is 51.0 Å². The summed E-state index contributed by atoms with van der Waals surface area (Å²) >= 11 is 0. The summed E-state index contributed by atoms with van der Waals surface area (Å²) in [6, 6.07) is 3.86. The maximum absolute atomic E-state index is 14.0. The van der Waals surface area contributed by atoms with E-state index in [9.17, 15) is 18.8 Å². The number of carbonyl (C=O) groups excluding carboxylic acids is 3. The summed E-state index contributed by atoms with van der Waals surface area (Å²) in [6.07, 6.45) is 4.40. The number of nitrogens with one attached hydrogen (secondary N) is 1. The predicted molar refractivity (Wildman–Crippen MR) is 92.8 cm³/mol. The van der Waals surface area contributed by atoms with Crippen molar-refractivity contribution >= 4 is 23.6 Å². The molecule has 26 heavy (non-hydrogen) atoms. The van der Waals surface area contributed by atoms with Crippen molar-refractivity contribution in [3.8, 4) is 0 Å². The van der Waals surface area contributed by atoms with Crippen LogP contribution in [0, 0.1) is 11.7 Å². The van der Waals surface area contributed by atoms with Crippen LogP contribution in [0.4, 0.5) is 14.9 Å². The molecule has 1 aliphatic carbocycles. The molecule has 0 radical (unpaired) electrons. The van der Waals surface area contributed by atoms with Gasteiger partial charge in [-0.05, 0) is 42.9 Å². The maximum Gasteiger partial charge on any atom is 0.411 e. The van der Waals surface area contributed by atoms with Gasteiger partial charge in [0.15, 0.2) is 0 Å². The summed E-state index contributed by atoms with van der Waals surface area (Å²) < 4.78 is 18.5. The highest BCUT2D eigenvalue weighted by Crippen LogP contribution is 2.39. The molecule has 2 fully saturated rings. The van der Waals surface area contributed by atoms with E-state index in [2.05, 4.69) is 10.1 Å². The van der Waals surface area contributed by atoms with E-state index in [4.69, 9.17) is 0 Å². The molecule has 0 aromatic heterocycles. The number of rotatable bonds is 6. The number of halogens is 1. The Labute approximate surface area is 151 Å². The third-order valence-corrected chi connectivity index (χ3v) is 4.97. The number of hydrogen-bond acceptors (Lipinski definition) is 4. The van der Waals surface area contributed by atoms with E-state index in [0.29, 0.717) is 37.2 Å². The monoisotopic (exact) mass is 362 g/mol. The van der Waals surface area contributed by atoms with Gasteiger partial charge in [0, 0.05) is 12.8 Å². The van der Waals surface area contributed by atoms with E-state index in [-0.39, 0.29) is 17.5 Å². The lowest BCUT2D eigenvalue weighted by Crippen LogP contribution is -2.42. The van der Waals surface area contributed by atoms with Gasteiger partial charge in [-0.3, -0.25) is 19.8 Å². The Morgan fingerprint density at radius 3 is 2.62 bits per heavy atom. The summed E-state index contributed by atoms with van der Waals surface area (Å²) in [6.45, 7) is 0. The minimum atomic E-state index is -0.777. The zero-order valence-corrected chi connectivity index (χ0v) is 14.8. The van der Waals surface area contributed by atoms with Crippen LogP contribution in [0.1, 0.15) is 56.6 Å². The van der Waals surface area contributed by atoms with Crippen LogP contribution in [0.25, 0.3) is 0 Å². The Morgan fingerprint density at radius 2 is 2.00 bits per heavy atom. The molecule has 1 aliphatic heterocycles. The van der Waals surface area contributed by atoms with E-state index >= 15 is 0 Å². The number of anilines is 1. The fraction of sp³-hybridized carbons (Fsp3) is 0.526. The number of carbonyl (C=O) groups is 3. The van der Waals surface area contributed by atoms with Gasteiger partial charge < -0.3 is 4.74 Å². The molecule has 3 rings (SSSR count). The highest BCUT2D eigenvalue weighted by Gasteiger charge is 2.35. The number of methoxy groups -OCH3 is 1. The second kappa shape index (κ2) is 7.85. The van der Waals surface area contributed by atoms with Gasteiger partial charge in [0.1, 0.15) is 5.82 Å². The zero-order valence-electron chi connectivity index (χ0n) is 14.8. The molecule has 6 nitrogen and oxygen atoms in total.